The Labute approximate surface area is 101 Å². The fourth-order valence-corrected chi connectivity index (χ4v) is 2.96. The predicted molar refractivity (Wildman–Crippen MR) is 69.6 cm³/mol. The highest BCUT2D eigenvalue weighted by Crippen LogP contribution is 2.43. The molecule has 0 spiro atoms. The molecular weight excluding hydrogens is 196 g/mol. The molecule has 0 amide bonds. The van der Waals surface area contributed by atoms with Crippen LogP contribution < -0.4 is 5.32 Å². The molecule has 1 aliphatic heterocycles. The van der Waals surface area contributed by atoms with Gasteiger partial charge in [0.1, 0.15) is 0 Å². The van der Waals surface area contributed by atoms with Crippen LogP contribution >= 0.6 is 0 Å². The van der Waals surface area contributed by atoms with Crippen molar-refractivity contribution >= 4 is 0 Å². The molecule has 2 heteroatoms. The normalized spacial score (nSPS) is 34.5. The second-order valence-electron chi connectivity index (χ2n) is 6.58. The Morgan fingerprint density at radius 2 is 1.81 bits per heavy atom. The van der Waals surface area contributed by atoms with E-state index in [0.717, 1.165) is 11.8 Å². The largest absolute Gasteiger partial charge is 0.314 e. The summed E-state index contributed by atoms with van der Waals surface area (Å²) < 4.78 is 0. The standard InChI is InChI=1S/C14H28N2/c1-11-9-15-12(2)7-8-16(10-11)14(3,4)13-5-6-13/h11-13,15H,5-10H2,1-4H3. The number of hydrogen-bond donors (Lipinski definition) is 1. The fourth-order valence-electron chi connectivity index (χ4n) is 2.96. The smallest absolute Gasteiger partial charge is 0.0181 e. The van der Waals surface area contributed by atoms with Gasteiger partial charge in [0.15, 0.2) is 0 Å². The first-order chi connectivity index (χ1) is 7.50. The highest BCUT2D eigenvalue weighted by molar-refractivity contribution is 4.97. The van der Waals surface area contributed by atoms with E-state index in [1.54, 1.807) is 0 Å². The Morgan fingerprint density at radius 3 is 2.44 bits per heavy atom. The van der Waals surface area contributed by atoms with E-state index in [2.05, 4.69) is 37.9 Å². The molecular formula is C14H28N2. The monoisotopic (exact) mass is 224 g/mol. The number of nitrogens with zero attached hydrogens (tertiary/aromatic N) is 1. The second-order valence-corrected chi connectivity index (χ2v) is 6.58. The highest BCUT2D eigenvalue weighted by atomic mass is 15.2. The van der Waals surface area contributed by atoms with Gasteiger partial charge in [0.2, 0.25) is 0 Å². The highest BCUT2D eigenvalue weighted by Gasteiger charge is 2.42. The van der Waals surface area contributed by atoms with Crippen LogP contribution in [0.5, 0.6) is 0 Å². The van der Waals surface area contributed by atoms with Gasteiger partial charge in [-0.25, -0.2) is 0 Å². The quantitative estimate of drug-likeness (QED) is 0.775. The van der Waals surface area contributed by atoms with Crippen LogP contribution in [0.3, 0.4) is 0 Å². The van der Waals surface area contributed by atoms with Crippen LogP contribution in [0.25, 0.3) is 0 Å². The van der Waals surface area contributed by atoms with Crippen LogP contribution in [-0.2, 0) is 0 Å². The molecule has 0 aromatic rings. The lowest BCUT2D eigenvalue weighted by molar-refractivity contribution is 0.0694. The molecule has 1 aliphatic carbocycles. The van der Waals surface area contributed by atoms with Gasteiger partial charge in [0, 0.05) is 24.7 Å². The summed E-state index contributed by atoms with van der Waals surface area (Å²) in [5.41, 5.74) is 0.436. The first-order valence-corrected chi connectivity index (χ1v) is 6.98. The van der Waals surface area contributed by atoms with Gasteiger partial charge < -0.3 is 5.32 Å². The molecule has 0 bridgehead atoms. The van der Waals surface area contributed by atoms with Gasteiger partial charge in [0.05, 0.1) is 0 Å². The van der Waals surface area contributed by atoms with Crippen molar-refractivity contribution in [2.24, 2.45) is 11.8 Å². The van der Waals surface area contributed by atoms with E-state index in [9.17, 15) is 0 Å². The van der Waals surface area contributed by atoms with Crippen LogP contribution in [0.15, 0.2) is 0 Å². The summed E-state index contributed by atoms with van der Waals surface area (Å²) in [6.07, 6.45) is 4.19. The Kier molecular flexibility index (Phi) is 3.60. The van der Waals surface area contributed by atoms with Crippen LogP contribution in [0.1, 0.15) is 47.0 Å². The summed E-state index contributed by atoms with van der Waals surface area (Å²) in [5, 5.41) is 3.62. The Balaban J connectivity index is 2.00. The van der Waals surface area contributed by atoms with Gasteiger partial charge >= 0.3 is 0 Å². The van der Waals surface area contributed by atoms with Crippen LogP contribution in [0.2, 0.25) is 0 Å². The zero-order chi connectivity index (χ0) is 11.8. The second kappa shape index (κ2) is 4.66. The van der Waals surface area contributed by atoms with Crippen molar-refractivity contribution in [2.75, 3.05) is 19.6 Å². The maximum Gasteiger partial charge on any atom is 0.0181 e. The number of rotatable bonds is 2. The van der Waals surface area contributed by atoms with Crippen molar-refractivity contribution in [3.05, 3.63) is 0 Å². The predicted octanol–water partition coefficient (Wildman–Crippen LogP) is 2.49. The topological polar surface area (TPSA) is 15.3 Å². The van der Waals surface area contributed by atoms with Crippen LogP contribution in [0.4, 0.5) is 0 Å². The molecule has 16 heavy (non-hydrogen) atoms. The molecule has 0 aromatic heterocycles. The van der Waals surface area contributed by atoms with Gasteiger partial charge in [-0.1, -0.05) is 6.92 Å². The van der Waals surface area contributed by atoms with E-state index >= 15 is 0 Å². The molecule has 1 N–H and O–H groups in total. The molecule has 0 radical (unpaired) electrons. The number of hydrogen-bond acceptors (Lipinski definition) is 2. The molecule has 0 aromatic carbocycles. The fraction of sp³-hybridized carbons (Fsp3) is 1.00. The van der Waals surface area contributed by atoms with Crippen LogP contribution in [-0.4, -0.2) is 36.1 Å². The van der Waals surface area contributed by atoms with Gasteiger partial charge in [0.25, 0.3) is 0 Å². The Morgan fingerprint density at radius 1 is 1.12 bits per heavy atom. The van der Waals surface area contributed by atoms with E-state index in [-0.39, 0.29) is 0 Å². The van der Waals surface area contributed by atoms with Gasteiger partial charge in [-0.15, -0.1) is 0 Å². The molecule has 2 atom stereocenters. The SMILES string of the molecule is CC1CNC(C)CCN(C(C)(C)C2CC2)C1. The molecule has 1 heterocycles. The summed E-state index contributed by atoms with van der Waals surface area (Å²) in [5.74, 6) is 1.74. The zero-order valence-electron chi connectivity index (χ0n) is 11.4. The third-order valence-electron chi connectivity index (χ3n) is 4.57. The molecule has 94 valence electrons. The lowest BCUT2D eigenvalue weighted by atomic mass is 9.93. The van der Waals surface area contributed by atoms with E-state index in [1.807, 2.05) is 0 Å². The van der Waals surface area contributed by atoms with E-state index < -0.39 is 0 Å². The minimum absolute atomic E-state index is 0.436. The Bertz CT molecular complexity index is 233. The molecule has 2 rings (SSSR count). The minimum Gasteiger partial charge on any atom is -0.314 e. The molecule has 1 saturated heterocycles. The van der Waals surface area contributed by atoms with Crippen LogP contribution in [0, 0.1) is 11.8 Å². The van der Waals surface area contributed by atoms with Gasteiger partial charge in [-0.2, -0.15) is 0 Å². The summed E-state index contributed by atoms with van der Waals surface area (Å²) >= 11 is 0. The first kappa shape index (κ1) is 12.4. The van der Waals surface area contributed by atoms with Crippen molar-refractivity contribution in [1.82, 2.24) is 10.2 Å². The molecule has 2 unspecified atom stereocenters. The third-order valence-corrected chi connectivity index (χ3v) is 4.57. The maximum atomic E-state index is 3.62. The van der Waals surface area contributed by atoms with Crippen molar-refractivity contribution in [2.45, 2.75) is 58.5 Å². The van der Waals surface area contributed by atoms with Crippen molar-refractivity contribution in [3.63, 3.8) is 0 Å². The summed E-state index contributed by atoms with van der Waals surface area (Å²) in [6, 6.07) is 0.681. The van der Waals surface area contributed by atoms with E-state index in [0.29, 0.717) is 11.6 Å². The summed E-state index contributed by atoms with van der Waals surface area (Å²) in [7, 11) is 0. The van der Waals surface area contributed by atoms with Crippen molar-refractivity contribution in [3.8, 4) is 0 Å². The van der Waals surface area contributed by atoms with E-state index in [4.69, 9.17) is 0 Å². The first-order valence-electron chi connectivity index (χ1n) is 6.98. The van der Waals surface area contributed by atoms with Crippen molar-refractivity contribution in [1.29, 1.82) is 0 Å². The lowest BCUT2D eigenvalue weighted by Gasteiger charge is -2.42. The third kappa shape index (κ3) is 2.78. The lowest BCUT2D eigenvalue weighted by Crippen LogP contribution is -2.52. The van der Waals surface area contributed by atoms with Gasteiger partial charge in [-0.3, -0.25) is 4.90 Å². The van der Waals surface area contributed by atoms with Crippen molar-refractivity contribution < 1.29 is 0 Å². The number of nitrogens with one attached hydrogen (secondary N) is 1. The molecule has 2 fully saturated rings. The van der Waals surface area contributed by atoms with E-state index in [1.165, 1.54) is 38.9 Å². The molecule has 1 saturated carbocycles. The molecule has 2 aliphatic rings. The minimum atomic E-state index is 0.436. The average molecular weight is 224 g/mol. The summed E-state index contributed by atoms with van der Waals surface area (Å²) in [4.78, 5) is 2.76. The van der Waals surface area contributed by atoms with Gasteiger partial charge in [-0.05, 0) is 58.4 Å². The Hall–Kier alpha value is -0.0800. The molecule has 2 nitrogen and oxygen atoms in total. The summed E-state index contributed by atoms with van der Waals surface area (Å²) in [6.45, 7) is 13.3. The average Bonchev–Trinajstić information content (AvgIpc) is 3.01. The zero-order valence-corrected chi connectivity index (χ0v) is 11.4. The maximum absolute atomic E-state index is 3.62.